The number of carbonyl (C=O) groups is 1. The third-order valence-corrected chi connectivity index (χ3v) is 7.63. The molecule has 1 saturated heterocycles. The van der Waals surface area contributed by atoms with Crippen molar-refractivity contribution in [3.63, 3.8) is 0 Å². The molecular formula is C22H26ClFN2O3S. The highest BCUT2D eigenvalue weighted by Crippen LogP contribution is 2.27. The number of sulfonamides is 1. The van der Waals surface area contributed by atoms with Crippen molar-refractivity contribution in [1.29, 1.82) is 0 Å². The number of carbonyl (C=O) groups excluding carboxylic acids is 1. The highest BCUT2D eigenvalue weighted by Gasteiger charge is 2.34. The van der Waals surface area contributed by atoms with Gasteiger partial charge in [0.2, 0.25) is 15.9 Å². The molecule has 1 aliphatic rings. The molecule has 0 saturated carbocycles. The molecule has 1 N–H and O–H groups in total. The first-order valence-electron chi connectivity index (χ1n) is 9.89. The van der Waals surface area contributed by atoms with Gasteiger partial charge < -0.3 is 5.32 Å². The number of rotatable bonds is 6. The van der Waals surface area contributed by atoms with Crippen LogP contribution in [0.25, 0.3) is 0 Å². The topological polar surface area (TPSA) is 66.5 Å². The lowest BCUT2D eigenvalue weighted by Crippen LogP contribution is -2.47. The highest BCUT2D eigenvalue weighted by molar-refractivity contribution is 7.89. The summed E-state index contributed by atoms with van der Waals surface area (Å²) in [7, 11) is -3.76. The first kappa shape index (κ1) is 22.7. The normalized spacial score (nSPS) is 18.2. The molecule has 0 aliphatic carbocycles. The number of hydrogen-bond acceptors (Lipinski definition) is 3. The zero-order chi connectivity index (χ0) is 21.9. The number of hydrogen-bond donors (Lipinski definition) is 1. The number of piperidine rings is 1. The van der Waals surface area contributed by atoms with Crippen LogP contribution in [-0.4, -0.2) is 38.3 Å². The molecular weight excluding hydrogens is 427 g/mol. The van der Waals surface area contributed by atoms with Crippen LogP contribution in [0.1, 0.15) is 32.3 Å². The Morgan fingerprint density at radius 3 is 2.60 bits per heavy atom. The first-order valence-corrected chi connectivity index (χ1v) is 11.7. The molecule has 0 aromatic heterocycles. The Bertz CT molecular complexity index is 1010. The molecule has 30 heavy (non-hydrogen) atoms. The lowest BCUT2D eigenvalue weighted by Gasteiger charge is -2.32. The minimum absolute atomic E-state index is 0.0343. The van der Waals surface area contributed by atoms with Crippen molar-refractivity contribution < 1.29 is 17.6 Å². The summed E-state index contributed by atoms with van der Waals surface area (Å²) in [6.45, 7) is 4.91. The maximum atomic E-state index is 13.1. The third kappa shape index (κ3) is 5.20. The summed E-state index contributed by atoms with van der Waals surface area (Å²) < 4.78 is 40.2. The maximum absolute atomic E-state index is 13.1. The molecule has 1 aliphatic heterocycles. The van der Waals surface area contributed by atoms with Crippen LogP contribution in [0.15, 0.2) is 53.4 Å². The van der Waals surface area contributed by atoms with E-state index in [9.17, 15) is 17.6 Å². The Labute approximate surface area is 182 Å². The summed E-state index contributed by atoms with van der Waals surface area (Å²) in [5.41, 5.74) is 0.689. The molecule has 162 valence electrons. The largest absolute Gasteiger partial charge is 0.355 e. The summed E-state index contributed by atoms with van der Waals surface area (Å²) in [5, 5.41) is 3.62. The smallest absolute Gasteiger partial charge is 0.243 e. The van der Waals surface area contributed by atoms with Gasteiger partial charge in [-0.25, -0.2) is 12.8 Å². The van der Waals surface area contributed by atoms with Crippen molar-refractivity contribution in [3.8, 4) is 0 Å². The van der Waals surface area contributed by atoms with E-state index in [4.69, 9.17) is 11.6 Å². The van der Waals surface area contributed by atoms with Crippen LogP contribution in [-0.2, 0) is 20.2 Å². The molecule has 1 heterocycles. The van der Waals surface area contributed by atoms with E-state index in [-0.39, 0.29) is 22.8 Å². The third-order valence-electron chi connectivity index (χ3n) is 5.52. The number of nitrogens with zero attached hydrogens (tertiary/aromatic N) is 1. The Balaban J connectivity index is 1.65. The van der Waals surface area contributed by atoms with E-state index in [1.165, 1.54) is 16.4 Å². The molecule has 8 heteroatoms. The van der Waals surface area contributed by atoms with Crippen molar-refractivity contribution in [2.75, 3.05) is 19.6 Å². The fourth-order valence-corrected chi connectivity index (χ4v) is 5.31. The Hall–Kier alpha value is -1.96. The molecule has 1 atom stereocenters. The average molecular weight is 453 g/mol. The average Bonchev–Trinajstić information content (AvgIpc) is 2.72. The van der Waals surface area contributed by atoms with Gasteiger partial charge in [-0.2, -0.15) is 4.31 Å². The van der Waals surface area contributed by atoms with Gasteiger partial charge in [0.15, 0.2) is 0 Å². The second-order valence-electron chi connectivity index (χ2n) is 8.27. The summed E-state index contributed by atoms with van der Waals surface area (Å²) in [4.78, 5) is 12.8. The first-order chi connectivity index (χ1) is 14.1. The Kier molecular flexibility index (Phi) is 6.84. The molecule has 3 rings (SSSR count). The zero-order valence-corrected chi connectivity index (χ0v) is 18.6. The van der Waals surface area contributed by atoms with E-state index in [1.54, 1.807) is 6.07 Å². The van der Waals surface area contributed by atoms with Gasteiger partial charge in [-0.1, -0.05) is 37.6 Å². The SMILES string of the molecule is CC(C)(CNC(=O)C1CCCN(S(=O)(=O)c2ccc(F)cc2)C1)c1cccc(Cl)c1. The zero-order valence-electron chi connectivity index (χ0n) is 17.1. The monoisotopic (exact) mass is 452 g/mol. The van der Waals surface area contributed by atoms with E-state index in [2.05, 4.69) is 5.32 Å². The lowest BCUT2D eigenvalue weighted by atomic mass is 9.84. The van der Waals surface area contributed by atoms with Gasteiger partial charge in [-0.05, 0) is 54.8 Å². The van der Waals surface area contributed by atoms with Crippen LogP contribution in [0.3, 0.4) is 0 Å². The van der Waals surface area contributed by atoms with Crippen molar-refractivity contribution in [3.05, 3.63) is 64.9 Å². The quantitative estimate of drug-likeness (QED) is 0.721. The summed E-state index contributed by atoms with van der Waals surface area (Å²) >= 11 is 6.08. The van der Waals surface area contributed by atoms with Crippen LogP contribution in [0.4, 0.5) is 4.39 Å². The van der Waals surface area contributed by atoms with Gasteiger partial charge in [0.05, 0.1) is 10.8 Å². The molecule has 2 aromatic rings. The number of amides is 1. The lowest BCUT2D eigenvalue weighted by molar-refractivity contribution is -0.126. The summed E-state index contributed by atoms with van der Waals surface area (Å²) in [6.07, 6.45) is 1.22. The van der Waals surface area contributed by atoms with E-state index in [0.717, 1.165) is 17.7 Å². The van der Waals surface area contributed by atoms with E-state index in [1.807, 2.05) is 32.0 Å². The van der Waals surface area contributed by atoms with Crippen LogP contribution < -0.4 is 5.32 Å². The van der Waals surface area contributed by atoms with Gasteiger partial charge in [0.1, 0.15) is 5.82 Å². The minimum Gasteiger partial charge on any atom is -0.355 e. The van der Waals surface area contributed by atoms with Crippen LogP contribution in [0, 0.1) is 11.7 Å². The predicted molar refractivity (Wildman–Crippen MR) is 115 cm³/mol. The van der Waals surface area contributed by atoms with Crippen molar-refractivity contribution in [1.82, 2.24) is 9.62 Å². The number of nitrogens with one attached hydrogen (secondary N) is 1. The molecule has 2 aromatic carbocycles. The number of halogens is 2. The molecule has 0 radical (unpaired) electrons. The summed E-state index contributed by atoms with van der Waals surface area (Å²) in [6, 6.07) is 12.3. The van der Waals surface area contributed by atoms with Crippen molar-refractivity contribution in [2.24, 2.45) is 5.92 Å². The Morgan fingerprint density at radius 2 is 1.93 bits per heavy atom. The molecule has 0 spiro atoms. The van der Waals surface area contributed by atoms with Gasteiger partial charge in [0, 0.05) is 30.1 Å². The predicted octanol–water partition coefficient (Wildman–Crippen LogP) is 3.97. The molecule has 0 bridgehead atoms. The number of benzene rings is 2. The van der Waals surface area contributed by atoms with E-state index >= 15 is 0 Å². The van der Waals surface area contributed by atoms with Crippen LogP contribution >= 0.6 is 11.6 Å². The minimum atomic E-state index is -3.76. The fourth-order valence-electron chi connectivity index (χ4n) is 3.59. The summed E-state index contributed by atoms with van der Waals surface area (Å²) in [5.74, 6) is -1.08. The van der Waals surface area contributed by atoms with Gasteiger partial charge >= 0.3 is 0 Å². The highest BCUT2D eigenvalue weighted by atomic mass is 35.5. The van der Waals surface area contributed by atoms with Gasteiger partial charge in [-0.3, -0.25) is 4.79 Å². The molecule has 1 fully saturated rings. The maximum Gasteiger partial charge on any atom is 0.243 e. The Morgan fingerprint density at radius 1 is 1.23 bits per heavy atom. The van der Waals surface area contributed by atoms with Crippen molar-refractivity contribution in [2.45, 2.75) is 37.0 Å². The van der Waals surface area contributed by atoms with Gasteiger partial charge in [0.25, 0.3) is 0 Å². The second-order valence-corrected chi connectivity index (χ2v) is 10.6. The van der Waals surface area contributed by atoms with Crippen LogP contribution in [0.5, 0.6) is 0 Å². The van der Waals surface area contributed by atoms with Crippen LogP contribution in [0.2, 0.25) is 5.02 Å². The molecule has 5 nitrogen and oxygen atoms in total. The van der Waals surface area contributed by atoms with Gasteiger partial charge in [-0.15, -0.1) is 0 Å². The molecule has 1 unspecified atom stereocenters. The van der Waals surface area contributed by atoms with E-state index < -0.39 is 21.8 Å². The fraction of sp³-hybridized carbons (Fsp3) is 0.409. The molecule has 1 amide bonds. The standard InChI is InChI=1S/C22H26ClFN2O3S/c1-22(2,17-6-3-7-18(23)13-17)15-25-21(27)16-5-4-12-26(14-16)30(28,29)20-10-8-19(24)9-11-20/h3,6-11,13,16H,4-5,12,14-15H2,1-2H3,(H,25,27). The second kappa shape index (κ2) is 9.04. The van der Waals surface area contributed by atoms with Crippen molar-refractivity contribution >= 4 is 27.5 Å². The van der Waals surface area contributed by atoms with E-state index in [0.29, 0.717) is 31.0 Å².